The summed E-state index contributed by atoms with van der Waals surface area (Å²) in [5, 5.41) is 11.1. The molecule has 1 aliphatic carbocycles. The fraction of sp³-hybridized carbons (Fsp3) is 0.600. The van der Waals surface area contributed by atoms with E-state index in [1.54, 1.807) is 19.1 Å². The summed E-state index contributed by atoms with van der Waals surface area (Å²) in [7, 11) is 0. The molecule has 1 aromatic rings. The fourth-order valence-electron chi connectivity index (χ4n) is 2.65. The third-order valence-electron chi connectivity index (χ3n) is 4.59. The molecule has 0 aliphatic heterocycles. The molecule has 0 bridgehead atoms. The zero-order chi connectivity index (χ0) is 15.1. The number of alkyl halides is 1. The highest BCUT2D eigenvalue weighted by Crippen LogP contribution is 2.49. The summed E-state index contributed by atoms with van der Waals surface area (Å²) in [5.41, 5.74) is 1.52. The van der Waals surface area contributed by atoms with Crippen molar-refractivity contribution in [2.24, 2.45) is 5.41 Å². The number of benzene rings is 1. The fourth-order valence-corrected chi connectivity index (χ4v) is 3.11. The van der Waals surface area contributed by atoms with Crippen molar-refractivity contribution in [1.82, 2.24) is 0 Å². The van der Waals surface area contributed by atoms with Crippen LogP contribution in [0.15, 0.2) is 12.1 Å². The predicted molar refractivity (Wildman–Crippen MR) is 79.6 cm³/mol. The van der Waals surface area contributed by atoms with E-state index in [0.29, 0.717) is 5.56 Å². The SMILES string of the molecule is CCC1(C)C(Cl)CC1Oc1cc(C)c([N+](=O)[O-])cc1C. The first-order valence-electron chi connectivity index (χ1n) is 6.86. The number of nitro benzene ring substituents is 1. The third kappa shape index (κ3) is 2.37. The quantitative estimate of drug-likeness (QED) is 0.470. The Morgan fingerprint density at radius 2 is 2.10 bits per heavy atom. The van der Waals surface area contributed by atoms with Crippen LogP contribution >= 0.6 is 11.6 Å². The minimum Gasteiger partial charge on any atom is -0.489 e. The molecule has 0 spiro atoms. The first kappa shape index (κ1) is 15.1. The summed E-state index contributed by atoms with van der Waals surface area (Å²) in [4.78, 5) is 10.6. The highest BCUT2D eigenvalue weighted by atomic mass is 35.5. The summed E-state index contributed by atoms with van der Waals surface area (Å²) < 4.78 is 6.07. The van der Waals surface area contributed by atoms with Crippen LogP contribution in [0.3, 0.4) is 0 Å². The van der Waals surface area contributed by atoms with Crippen molar-refractivity contribution in [3.8, 4) is 5.75 Å². The lowest BCUT2D eigenvalue weighted by molar-refractivity contribution is -0.385. The number of nitro groups is 1. The molecule has 5 heteroatoms. The molecule has 3 atom stereocenters. The van der Waals surface area contributed by atoms with Gasteiger partial charge in [-0.2, -0.15) is 0 Å². The molecule has 1 aromatic carbocycles. The Labute approximate surface area is 124 Å². The van der Waals surface area contributed by atoms with E-state index in [1.165, 1.54) is 0 Å². The number of aryl methyl sites for hydroxylation is 2. The molecular formula is C15H20ClNO3. The highest BCUT2D eigenvalue weighted by molar-refractivity contribution is 6.21. The van der Waals surface area contributed by atoms with Gasteiger partial charge in [0.1, 0.15) is 11.9 Å². The maximum absolute atomic E-state index is 10.9. The van der Waals surface area contributed by atoms with E-state index in [-0.39, 0.29) is 27.5 Å². The van der Waals surface area contributed by atoms with E-state index in [9.17, 15) is 10.1 Å². The first-order valence-corrected chi connectivity index (χ1v) is 7.29. The second kappa shape index (κ2) is 5.24. The Kier molecular flexibility index (Phi) is 3.96. The van der Waals surface area contributed by atoms with Gasteiger partial charge in [0.05, 0.1) is 4.92 Å². The van der Waals surface area contributed by atoms with Crippen LogP contribution < -0.4 is 4.74 Å². The smallest absolute Gasteiger partial charge is 0.272 e. The molecule has 110 valence electrons. The molecular weight excluding hydrogens is 278 g/mol. The molecule has 1 fully saturated rings. The van der Waals surface area contributed by atoms with Gasteiger partial charge in [0.25, 0.3) is 5.69 Å². The normalized spacial score (nSPS) is 28.9. The van der Waals surface area contributed by atoms with E-state index < -0.39 is 0 Å². The summed E-state index contributed by atoms with van der Waals surface area (Å²) in [6.45, 7) is 7.81. The van der Waals surface area contributed by atoms with Crippen molar-refractivity contribution in [3.05, 3.63) is 33.4 Å². The number of rotatable bonds is 4. The Bertz CT molecular complexity index is 546. The van der Waals surface area contributed by atoms with Crippen molar-refractivity contribution in [1.29, 1.82) is 0 Å². The van der Waals surface area contributed by atoms with Crippen LogP contribution in [0.2, 0.25) is 0 Å². The number of hydrogen-bond donors (Lipinski definition) is 0. The van der Waals surface area contributed by atoms with Gasteiger partial charge in [-0.1, -0.05) is 13.8 Å². The number of halogens is 1. The van der Waals surface area contributed by atoms with Crippen molar-refractivity contribution < 1.29 is 9.66 Å². The van der Waals surface area contributed by atoms with Gasteiger partial charge in [-0.15, -0.1) is 11.6 Å². The van der Waals surface area contributed by atoms with Gasteiger partial charge in [0.2, 0.25) is 0 Å². The highest BCUT2D eigenvalue weighted by Gasteiger charge is 2.51. The summed E-state index contributed by atoms with van der Waals surface area (Å²) in [5.74, 6) is 0.723. The Balaban J connectivity index is 2.23. The van der Waals surface area contributed by atoms with E-state index in [4.69, 9.17) is 16.3 Å². The molecule has 4 nitrogen and oxygen atoms in total. The van der Waals surface area contributed by atoms with Gasteiger partial charge in [0.15, 0.2) is 0 Å². The molecule has 1 aliphatic rings. The van der Waals surface area contributed by atoms with Crippen molar-refractivity contribution >= 4 is 17.3 Å². The largest absolute Gasteiger partial charge is 0.489 e. The van der Waals surface area contributed by atoms with Crippen LogP contribution in [-0.2, 0) is 0 Å². The predicted octanol–water partition coefficient (Wildman–Crippen LogP) is 4.39. The van der Waals surface area contributed by atoms with Gasteiger partial charge in [-0.05, 0) is 31.9 Å². The molecule has 0 saturated heterocycles. The van der Waals surface area contributed by atoms with Crippen molar-refractivity contribution in [2.45, 2.75) is 52.0 Å². The first-order chi connectivity index (χ1) is 9.29. The molecule has 1 saturated carbocycles. The van der Waals surface area contributed by atoms with E-state index in [1.807, 2.05) is 6.92 Å². The number of hydrogen-bond acceptors (Lipinski definition) is 3. The van der Waals surface area contributed by atoms with E-state index >= 15 is 0 Å². The minimum atomic E-state index is -0.361. The molecule has 2 rings (SSSR count). The van der Waals surface area contributed by atoms with Gasteiger partial charge in [-0.25, -0.2) is 0 Å². The van der Waals surface area contributed by atoms with Gasteiger partial charge in [-0.3, -0.25) is 10.1 Å². The second-order valence-corrected chi connectivity index (χ2v) is 6.36. The second-order valence-electron chi connectivity index (χ2n) is 5.83. The Morgan fingerprint density at radius 3 is 2.60 bits per heavy atom. The lowest BCUT2D eigenvalue weighted by atomic mass is 9.65. The lowest BCUT2D eigenvalue weighted by Crippen LogP contribution is -2.55. The summed E-state index contributed by atoms with van der Waals surface area (Å²) in [6, 6.07) is 3.33. The molecule has 0 N–H and O–H groups in total. The zero-order valence-electron chi connectivity index (χ0n) is 12.3. The molecule has 0 aromatic heterocycles. The van der Waals surface area contributed by atoms with Crippen LogP contribution in [0.5, 0.6) is 5.75 Å². The number of ether oxygens (including phenoxy) is 1. The Morgan fingerprint density at radius 1 is 1.45 bits per heavy atom. The average Bonchev–Trinajstić information content (AvgIpc) is 2.40. The molecule has 20 heavy (non-hydrogen) atoms. The van der Waals surface area contributed by atoms with E-state index in [2.05, 4.69) is 13.8 Å². The van der Waals surface area contributed by atoms with Crippen molar-refractivity contribution in [2.75, 3.05) is 0 Å². The maximum atomic E-state index is 10.9. The van der Waals surface area contributed by atoms with Crippen LogP contribution in [0.1, 0.15) is 37.8 Å². The van der Waals surface area contributed by atoms with Crippen LogP contribution in [0, 0.1) is 29.4 Å². The van der Waals surface area contributed by atoms with E-state index in [0.717, 1.165) is 24.2 Å². The third-order valence-corrected chi connectivity index (χ3v) is 5.27. The average molecular weight is 298 g/mol. The standard InChI is InChI=1S/C15H20ClNO3/c1-5-15(4)13(16)8-14(15)20-12-7-9(2)11(17(18)19)6-10(12)3/h6-7,13-14H,5,8H2,1-4H3. The topological polar surface area (TPSA) is 52.4 Å². The lowest BCUT2D eigenvalue weighted by Gasteiger charge is -2.50. The Hall–Kier alpha value is -1.29. The minimum absolute atomic E-state index is 0.0241. The molecule has 0 radical (unpaired) electrons. The summed E-state index contributed by atoms with van der Waals surface area (Å²) >= 11 is 6.29. The van der Waals surface area contributed by atoms with Crippen LogP contribution in [-0.4, -0.2) is 16.4 Å². The van der Waals surface area contributed by atoms with Crippen LogP contribution in [0.25, 0.3) is 0 Å². The van der Waals surface area contributed by atoms with Gasteiger partial charge in [0, 0.05) is 28.8 Å². The summed E-state index contributed by atoms with van der Waals surface area (Å²) in [6.07, 6.45) is 1.85. The molecule has 3 unspecified atom stereocenters. The monoisotopic (exact) mass is 297 g/mol. The van der Waals surface area contributed by atoms with Crippen LogP contribution in [0.4, 0.5) is 5.69 Å². The van der Waals surface area contributed by atoms with Gasteiger partial charge < -0.3 is 4.74 Å². The number of nitrogens with zero attached hydrogens (tertiary/aromatic N) is 1. The zero-order valence-corrected chi connectivity index (χ0v) is 13.0. The maximum Gasteiger partial charge on any atom is 0.272 e. The van der Waals surface area contributed by atoms with Crippen molar-refractivity contribution in [3.63, 3.8) is 0 Å². The molecule has 0 amide bonds. The molecule has 0 heterocycles. The van der Waals surface area contributed by atoms with Gasteiger partial charge >= 0.3 is 0 Å².